The van der Waals surface area contributed by atoms with Crippen molar-refractivity contribution >= 4 is 90.2 Å². The molecule has 17 nitrogen and oxygen atoms in total. The number of benzene rings is 5. The summed E-state index contributed by atoms with van der Waals surface area (Å²) in [6.07, 6.45) is 0. The molecule has 0 aliphatic rings. The third kappa shape index (κ3) is 7.64. The Hall–Kier alpha value is -4.74. The van der Waals surface area contributed by atoms with Gasteiger partial charge in [-0.1, -0.05) is 22.2 Å². The molecular weight excluding hydrogens is 683 g/mol. The van der Waals surface area contributed by atoms with Crippen LogP contribution in [0.3, 0.4) is 0 Å². The van der Waals surface area contributed by atoms with E-state index < -0.39 is 26.7 Å². The van der Waals surface area contributed by atoms with Crippen molar-refractivity contribution in [2.24, 2.45) is 20.5 Å². The minimum Gasteiger partial charge on any atom is -0.505 e. The monoisotopic (exact) mass is 701 g/mol. The molecule has 47 heavy (non-hydrogen) atoms. The average Bonchev–Trinajstić information content (AvgIpc) is 3.05. The second-order valence-corrected chi connectivity index (χ2v) is 12.1. The molecule has 0 aromatic heterocycles. The summed E-state index contributed by atoms with van der Waals surface area (Å²) in [5, 5.41) is 63.0. The van der Waals surface area contributed by atoms with Crippen LogP contribution in [0.4, 0.5) is 28.4 Å². The van der Waals surface area contributed by atoms with Crippen LogP contribution in [0.15, 0.2) is 108 Å². The molecule has 0 aliphatic carbocycles. The van der Waals surface area contributed by atoms with E-state index in [1.54, 1.807) is 36.4 Å². The molecule has 7 N–H and O–H groups in total. The fourth-order valence-electron chi connectivity index (χ4n) is 4.32. The number of hydrogen-bond donors (Lipinski definition) is 6. The van der Waals surface area contributed by atoms with Gasteiger partial charge in [0.1, 0.15) is 10.6 Å². The number of phenolic OH excluding ortho intramolecular Hbond substituents is 1. The van der Waals surface area contributed by atoms with Gasteiger partial charge >= 0.3 is 5.97 Å². The highest BCUT2D eigenvalue weighted by Gasteiger charge is 2.21. The van der Waals surface area contributed by atoms with E-state index >= 15 is 0 Å². The zero-order valence-corrected chi connectivity index (χ0v) is 25.6. The molecule has 0 atom stereocenters. The molecule has 0 bridgehead atoms. The number of carbonyl (C=O) groups is 1. The van der Waals surface area contributed by atoms with Crippen molar-refractivity contribution in [1.82, 2.24) is 0 Å². The molecule has 5 aromatic carbocycles. The molecule has 0 aliphatic heterocycles. The smallest absolute Gasteiger partial charge is 0.335 e. The van der Waals surface area contributed by atoms with Gasteiger partial charge in [-0.05, 0) is 66.0 Å². The number of azo groups is 2. The third-order valence-corrected chi connectivity index (χ3v) is 8.44. The van der Waals surface area contributed by atoms with Crippen LogP contribution in [0.25, 0.3) is 21.5 Å². The first-order chi connectivity index (χ1) is 22.5. The Bertz CT molecular complexity index is 2180. The lowest BCUT2D eigenvalue weighted by Gasteiger charge is -2.11. The standard InChI is InChI=1S/C27H19N5O12S3/c28-20-12-18-14(10-24(20)47(38,39)40)9-23(46-44-42-37)25(26(18)33)32-31-21-6-7-22(19-11-16(45-43-41-36)4-5-17(19)21)30-29-15-3-1-2-13(8-15)27(34)35/h1-12,33,36-37H,28H2,(H,34,35)(H,38,39,40). The largest absolute Gasteiger partial charge is 0.505 e. The van der Waals surface area contributed by atoms with Gasteiger partial charge in [-0.3, -0.25) is 4.55 Å². The average molecular weight is 702 g/mol. The maximum Gasteiger partial charge on any atom is 0.335 e. The van der Waals surface area contributed by atoms with Gasteiger partial charge < -0.3 is 15.9 Å². The fraction of sp³-hybridized carbons (Fsp3) is 0. The van der Waals surface area contributed by atoms with Crippen molar-refractivity contribution in [3.63, 3.8) is 0 Å². The lowest BCUT2D eigenvalue weighted by atomic mass is 10.1. The Morgan fingerprint density at radius 3 is 2.19 bits per heavy atom. The number of carboxylic acids is 1. The van der Waals surface area contributed by atoms with Gasteiger partial charge in [0.05, 0.1) is 57.3 Å². The summed E-state index contributed by atoms with van der Waals surface area (Å²) >= 11 is 1.10. The molecule has 0 saturated carbocycles. The molecule has 5 aromatic rings. The summed E-state index contributed by atoms with van der Waals surface area (Å²) in [6, 6.07) is 17.3. The first kappa shape index (κ1) is 33.6. The first-order valence-electron chi connectivity index (χ1n) is 12.6. The molecule has 20 heteroatoms. The van der Waals surface area contributed by atoms with Crippen molar-refractivity contribution in [3.05, 3.63) is 78.4 Å². The topological polar surface area (TPSA) is 265 Å². The fourth-order valence-corrected chi connectivity index (χ4v) is 5.85. The van der Waals surface area contributed by atoms with Crippen LogP contribution in [-0.4, -0.2) is 39.7 Å². The van der Waals surface area contributed by atoms with E-state index in [9.17, 15) is 28.0 Å². The predicted octanol–water partition coefficient (Wildman–Crippen LogP) is 7.91. The number of fused-ring (bicyclic) bond motifs is 2. The minimum atomic E-state index is -4.70. The predicted molar refractivity (Wildman–Crippen MR) is 167 cm³/mol. The van der Waals surface area contributed by atoms with E-state index in [1.807, 2.05) is 0 Å². The summed E-state index contributed by atoms with van der Waals surface area (Å²) < 4.78 is 42.1. The molecule has 242 valence electrons. The lowest BCUT2D eigenvalue weighted by Crippen LogP contribution is -2.03. The van der Waals surface area contributed by atoms with Gasteiger partial charge in [0, 0.05) is 21.1 Å². The number of nitrogen functional groups attached to an aromatic ring is 1. The molecule has 0 spiro atoms. The Labute approximate surface area is 271 Å². The van der Waals surface area contributed by atoms with Crippen LogP contribution in [0, 0.1) is 0 Å². The molecule has 0 unspecified atom stereocenters. The second kappa shape index (κ2) is 14.4. The van der Waals surface area contributed by atoms with Gasteiger partial charge in [0.15, 0.2) is 5.75 Å². The Morgan fingerprint density at radius 2 is 1.49 bits per heavy atom. The summed E-state index contributed by atoms with van der Waals surface area (Å²) in [6.45, 7) is 0. The zero-order valence-electron chi connectivity index (χ0n) is 23.1. The number of hydrogen-bond acceptors (Lipinski definition) is 17. The van der Waals surface area contributed by atoms with E-state index in [0.29, 0.717) is 45.4 Å². The van der Waals surface area contributed by atoms with Crippen molar-refractivity contribution in [1.29, 1.82) is 0 Å². The number of carboxylic acid groups (broad SMARTS) is 1. The lowest BCUT2D eigenvalue weighted by molar-refractivity contribution is -0.432. The second-order valence-electron chi connectivity index (χ2n) is 9.18. The number of nitrogens with zero attached hydrogens (tertiary/aromatic N) is 4. The van der Waals surface area contributed by atoms with Gasteiger partial charge in [-0.15, -0.1) is 24.0 Å². The van der Waals surface area contributed by atoms with Gasteiger partial charge in [-0.25, -0.2) is 15.3 Å². The number of anilines is 1. The Kier molecular flexibility index (Phi) is 10.3. The van der Waals surface area contributed by atoms with Crippen LogP contribution in [-0.2, 0) is 28.9 Å². The highest BCUT2D eigenvalue weighted by atomic mass is 32.2. The summed E-state index contributed by atoms with van der Waals surface area (Å²) in [7, 11) is -4.70. The normalized spacial score (nSPS) is 12.1. The van der Waals surface area contributed by atoms with Gasteiger partial charge in [-0.2, -0.15) is 13.5 Å². The Morgan fingerprint density at radius 1 is 0.787 bits per heavy atom. The SMILES string of the molecule is Nc1cc2c(O)c(N=Nc3ccc(N=Nc4cccc(C(=O)O)c4)c4cc(SOOO)ccc34)c(SOOO)cc2cc1S(=O)(=O)O. The van der Waals surface area contributed by atoms with E-state index in [-0.39, 0.29) is 44.0 Å². The van der Waals surface area contributed by atoms with Crippen molar-refractivity contribution < 1.29 is 57.2 Å². The molecule has 0 fully saturated rings. The van der Waals surface area contributed by atoms with Crippen LogP contribution >= 0.6 is 24.1 Å². The number of nitrogens with two attached hydrogens (primary N) is 1. The van der Waals surface area contributed by atoms with Gasteiger partial charge in [0.25, 0.3) is 10.1 Å². The highest BCUT2D eigenvalue weighted by Crippen LogP contribution is 2.46. The van der Waals surface area contributed by atoms with Crippen LogP contribution < -0.4 is 5.73 Å². The number of aromatic carboxylic acids is 1. The number of phenols is 1. The van der Waals surface area contributed by atoms with E-state index in [0.717, 1.165) is 12.1 Å². The van der Waals surface area contributed by atoms with Crippen LogP contribution in [0.2, 0.25) is 0 Å². The van der Waals surface area contributed by atoms with Crippen molar-refractivity contribution in [2.45, 2.75) is 14.7 Å². The highest BCUT2D eigenvalue weighted by molar-refractivity contribution is 7.95. The molecule has 0 radical (unpaired) electrons. The quantitative estimate of drug-likeness (QED) is 0.0180. The Balaban J connectivity index is 1.62. The summed E-state index contributed by atoms with van der Waals surface area (Å²) in [4.78, 5) is 11.2. The molecule has 0 heterocycles. The molecule has 0 saturated heterocycles. The van der Waals surface area contributed by atoms with Crippen molar-refractivity contribution in [3.8, 4) is 5.75 Å². The van der Waals surface area contributed by atoms with Crippen molar-refractivity contribution in [2.75, 3.05) is 5.73 Å². The zero-order chi connectivity index (χ0) is 33.7. The molecule has 5 rings (SSSR count). The summed E-state index contributed by atoms with van der Waals surface area (Å²) in [5.74, 6) is -1.63. The molecular formula is C27H19N5O12S3. The van der Waals surface area contributed by atoms with Gasteiger partial charge in [0.2, 0.25) is 0 Å². The van der Waals surface area contributed by atoms with E-state index in [2.05, 4.69) is 39.2 Å². The van der Waals surface area contributed by atoms with Crippen LogP contribution in [0.5, 0.6) is 5.75 Å². The van der Waals surface area contributed by atoms with E-state index in [4.69, 9.17) is 16.2 Å². The van der Waals surface area contributed by atoms with Crippen LogP contribution in [0.1, 0.15) is 10.4 Å². The summed E-state index contributed by atoms with van der Waals surface area (Å²) in [5.41, 5.74) is 6.18. The maximum atomic E-state index is 11.8. The minimum absolute atomic E-state index is 0.0111. The number of rotatable bonds is 12. The van der Waals surface area contributed by atoms with E-state index in [1.165, 1.54) is 24.3 Å². The molecule has 0 amide bonds. The third-order valence-electron chi connectivity index (χ3n) is 6.34. The maximum absolute atomic E-state index is 11.8. The first-order valence-corrected chi connectivity index (χ1v) is 15.5. The number of aromatic hydroxyl groups is 1.